The maximum absolute atomic E-state index is 3.55. The van der Waals surface area contributed by atoms with E-state index in [0.717, 1.165) is 0 Å². The molecule has 1 unspecified atom stereocenters. The summed E-state index contributed by atoms with van der Waals surface area (Å²) in [5, 5.41) is 3.42. The normalized spacial score (nSPS) is 12.8. The van der Waals surface area contributed by atoms with Gasteiger partial charge in [0, 0.05) is 10.5 Å². The lowest BCUT2D eigenvalue weighted by Gasteiger charge is -2.19. The molecule has 1 N–H and O–H groups in total. The first-order chi connectivity index (χ1) is 7.69. The fourth-order valence-corrected chi connectivity index (χ4v) is 2.42. The van der Waals surface area contributed by atoms with Gasteiger partial charge in [-0.25, -0.2) is 0 Å². The number of benzene rings is 1. The Hall–Kier alpha value is -0.340. The Kier molecular flexibility index (Phi) is 6.07. The van der Waals surface area contributed by atoms with Crippen molar-refractivity contribution in [2.75, 3.05) is 7.05 Å². The van der Waals surface area contributed by atoms with Crippen molar-refractivity contribution in [3.63, 3.8) is 0 Å². The maximum atomic E-state index is 3.55. The summed E-state index contributed by atoms with van der Waals surface area (Å²) >= 11 is 3.55. The standard InChI is InChI=1S/C14H22BrN/c1-4-5-6-7-14(16-3)13-10-12(15)9-8-11(13)2/h8-10,14,16H,4-7H2,1-3H3. The summed E-state index contributed by atoms with van der Waals surface area (Å²) in [6, 6.07) is 7.02. The SMILES string of the molecule is CCCCCC(NC)c1cc(Br)ccc1C. The van der Waals surface area contributed by atoms with Gasteiger partial charge in [-0.1, -0.05) is 48.2 Å². The van der Waals surface area contributed by atoms with Gasteiger partial charge in [-0.2, -0.15) is 0 Å². The first-order valence-electron chi connectivity index (χ1n) is 6.12. The first kappa shape index (κ1) is 13.7. The molecule has 1 aromatic rings. The lowest BCUT2D eigenvalue weighted by molar-refractivity contribution is 0.510. The van der Waals surface area contributed by atoms with E-state index in [9.17, 15) is 0 Å². The third kappa shape index (κ3) is 3.91. The van der Waals surface area contributed by atoms with Crippen LogP contribution in [-0.2, 0) is 0 Å². The van der Waals surface area contributed by atoms with E-state index in [-0.39, 0.29) is 0 Å². The highest BCUT2D eigenvalue weighted by Gasteiger charge is 2.11. The molecule has 0 aliphatic heterocycles. The van der Waals surface area contributed by atoms with E-state index in [1.54, 1.807) is 0 Å². The molecule has 16 heavy (non-hydrogen) atoms. The Labute approximate surface area is 108 Å². The Balaban J connectivity index is 2.73. The van der Waals surface area contributed by atoms with Crippen LogP contribution in [0.15, 0.2) is 22.7 Å². The monoisotopic (exact) mass is 283 g/mol. The molecule has 0 saturated heterocycles. The predicted molar refractivity (Wildman–Crippen MR) is 74.8 cm³/mol. The summed E-state index contributed by atoms with van der Waals surface area (Å²) in [4.78, 5) is 0. The van der Waals surface area contributed by atoms with Gasteiger partial charge in [0.05, 0.1) is 0 Å². The second kappa shape index (κ2) is 7.08. The minimum Gasteiger partial charge on any atom is -0.313 e. The minimum absolute atomic E-state index is 0.490. The average Bonchev–Trinajstić information content (AvgIpc) is 2.28. The minimum atomic E-state index is 0.490. The molecule has 1 atom stereocenters. The third-order valence-electron chi connectivity index (χ3n) is 3.06. The van der Waals surface area contributed by atoms with Crippen molar-refractivity contribution < 1.29 is 0 Å². The highest BCUT2D eigenvalue weighted by molar-refractivity contribution is 9.10. The van der Waals surface area contributed by atoms with Gasteiger partial charge in [0.2, 0.25) is 0 Å². The molecule has 0 saturated carbocycles. The van der Waals surface area contributed by atoms with Gasteiger partial charge in [0.15, 0.2) is 0 Å². The van der Waals surface area contributed by atoms with Crippen LogP contribution >= 0.6 is 15.9 Å². The van der Waals surface area contributed by atoms with Gasteiger partial charge in [0.1, 0.15) is 0 Å². The summed E-state index contributed by atoms with van der Waals surface area (Å²) in [6.45, 7) is 4.44. The molecule has 1 nitrogen and oxygen atoms in total. The van der Waals surface area contributed by atoms with E-state index < -0.39 is 0 Å². The lowest BCUT2D eigenvalue weighted by atomic mass is 9.97. The molecule has 1 aromatic carbocycles. The predicted octanol–water partition coefficient (Wildman–Crippen LogP) is 4.60. The lowest BCUT2D eigenvalue weighted by Crippen LogP contribution is -2.17. The molecule has 0 fully saturated rings. The van der Waals surface area contributed by atoms with Gasteiger partial charge in [-0.15, -0.1) is 0 Å². The van der Waals surface area contributed by atoms with Gasteiger partial charge in [-0.3, -0.25) is 0 Å². The molecule has 0 amide bonds. The second-order valence-electron chi connectivity index (χ2n) is 4.34. The van der Waals surface area contributed by atoms with Crippen molar-refractivity contribution in [2.24, 2.45) is 0 Å². The number of halogens is 1. The molecule has 1 rings (SSSR count). The molecule has 0 spiro atoms. The third-order valence-corrected chi connectivity index (χ3v) is 3.55. The molecule has 0 radical (unpaired) electrons. The molecule has 2 heteroatoms. The van der Waals surface area contributed by atoms with Crippen molar-refractivity contribution in [2.45, 2.75) is 45.6 Å². The zero-order chi connectivity index (χ0) is 12.0. The zero-order valence-electron chi connectivity index (χ0n) is 10.5. The second-order valence-corrected chi connectivity index (χ2v) is 5.25. The smallest absolute Gasteiger partial charge is 0.0320 e. The molecule has 0 heterocycles. The topological polar surface area (TPSA) is 12.0 Å². The molecule has 0 aliphatic rings. The van der Waals surface area contributed by atoms with E-state index in [1.165, 1.54) is 41.3 Å². The van der Waals surface area contributed by atoms with E-state index in [0.29, 0.717) is 6.04 Å². The summed E-state index contributed by atoms with van der Waals surface area (Å²) in [5.41, 5.74) is 2.80. The summed E-state index contributed by atoms with van der Waals surface area (Å²) < 4.78 is 1.17. The fourth-order valence-electron chi connectivity index (χ4n) is 2.04. The van der Waals surface area contributed by atoms with E-state index in [4.69, 9.17) is 0 Å². The quantitative estimate of drug-likeness (QED) is 0.753. The highest BCUT2D eigenvalue weighted by Crippen LogP contribution is 2.25. The van der Waals surface area contributed by atoms with Crippen LogP contribution in [0.2, 0.25) is 0 Å². The molecule has 0 aromatic heterocycles. The fraction of sp³-hybridized carbons (Fsp3) is 0.571. The number of nitrogens with one attached hydrogen (secondary N) is 1. The van der Waals surface area contributed by atoms with Crippen LogP contribution < -0.4 is 5.32 Å². The maximum Gasteiger partial charge on any atom is 0.0320 e. The molecular weight excluding hydrogens is 262 g/mol. The van der Waals surface area contributed by atoms with Crippen LogP contribution in [-0.4, -0.2) is 7.05 Å². The number of hydrogen-bond donors (Lipinski definition) is 1. The Morgan fingerprint density at radius 1 is 1.31 bits per heavy atom. The largest absolute Gasteiger partial charge is 0.313 e. The van der Waals surface area contributed by atoms with Crippen LogP contribution in [0.25, 0.3) is 0 Å². The number of rotatable bonds is 6. The van der Waals surface area contributed by atoms with Crippen molar-refractivity contribution in [1.29, 1.82) is 0 Å². The zero-order valence-corrected chi connectivity index (χ0v) is 12.1. The van der Waals surface area contributed by atoms with Crippen LogP contribution in [0.4, 0.5) is 0 Å². The van der Waals surface area contributed by atoms with Crippen LogP contribution in [0.5, 0.6) is 0 Å². The van der Waals surface area contributed by atoms with Crippen molar-refractivity contribution in [3.05, 3.63) is 33.8 Å². The van der Waals surface area contributed by atoms with Crippen LogP contribution in [0, 0.1) is 6.92 Å². The number of aryl methyl sites for hydroxylation is 1. The van der Waals surface area contributed by atoms with Gasteiger partial charge in [-0.05, 0) is 43.7 Å². The summed E-state index contributed by atoms with van der Waals surface area (Å²) in [5.74, 6) is 0. The molecule has 0 aliphatic carbocycles. The van der Waals surface area contributed by atoms with Gasteiger partial charge < -0.3 is 5.32 Å². The van der Waals surface area contributed by atoms with Crippen molar-refractivity contribution in [3.8, 4) is 0 Å². The first-order valence-corrected chi connectivity index (χ1v) is 6.91. The molecule has 90 valence electrons. The summed E-state index contributed by atoms with van der Waals surface area (Å²) in [6.07, 6.45) is 5.13. The van der Waals surface area contributed by atoms with Crippen molar-refractivity contribution in [1.82, 2.24) is 5.32 Å². The van der Waals surface area contributed by atoms with Crippen LogP contribution in [0.3, 0.4) is 0 Å². The highest BCUT2D eigenvalue weighted by atomic mass is 79.9. The van der Waals surface area contributed by atoms with Gasteiger partial charge in [0.25, 0.3) is 0 Å². The Morgan fingerprint density at radius 2 is 2.06 bits per heavy atom. The van der Waals surface area contributed by atoms with E-state index >= 15 is 0 Å². The average molecular weight is 284 g/mol. The van der Waals surface area contributed by atoms with Crippen LogP contribution in [0.1, 0.15) is 49.8 Å². The van der Waals surface area contributed by atoms with E-state index in [2.05, 4.69) is 60.3 Å². The Bertz CT molecular complexity index is 323. The number of hydrogen-bond acceptors (Lipinski definition) is 1. The number of unbranched alkanes of at least 4 members (excludes halogenated alkanes) is 2. The van der Waals surface area contributed by atoms with Crippen molar-refractivity contribution >= 4 is 15.9 Å². The van der Waals surface area contributed by atoms with Gasteiger partial charge >= 0.3 is 0 Å². The molecular formula is C14H22BrN. The Morgan fingerprint density at radius 3 is 2.69 bits per heavy atom. The molecule has 0 bridgehead atoms. The van der Waals surface area contributed by atoms with E-state index in [1.807, 2.05) is 0 Å². The summed E-state index contributed by atoms with van der Waals surface area (Å²) in [7, 11) is 2.05.